The Morgan fingerprint density at radius 1 is 0.968 bits per heavy atom. The predicted molar refractivity (Wildman–Crippen MR) is 118 cm³/mol. The van der Waals surface area contributed by atoms with E-state index in [9.17, 15) is 25.2 Å². The van der Waals surface area contributed by atoms with E-state index < -0.39 is 6.10 Å². The van der Waals surface area contributed by atoms with Gasteiger partial charge >= 0.3 is 0 Å². The minimum Gasteiger partial charge on any atom is -0.508 e. The number of carbonyl (C=O) groups is 1. The molecule has 1 atom stereocenters. The van der Waals surface area contributed by atoms with Gasteiger partial charge in [0.25, 0.3) is 0 Å². The Balaban J connectivity index is 2.14. The number of phenolic OH excluding ortho intramolecular Hbond substituents is 4. The first-order valence-electron chi connectivity index (χ1n) is 10.2. The number of aromatic hydroxyl groups is 4. The molecule has 0 saturated carbocycles. The van der Waals surface area contributed by atoms with E-state index in [0.29, 0.717) is 29.5 Å². The van der Waals surface area contributed by atoms with E-state index in [0.717, 1.165) is 17.2 Å². The molecule has 1 heterocycles. The summed E-state index contributed by atoms with van der Waals surface area (Å²) in [5.74, 6) is -1.20. The minimum atomic E-state index is -0.737. The van der Waals surface area contributed by atoms with Crippen molar-refractivity contribution in [3.8, 4) is 28.7 Å². The summed E-state index contributed by atoms with van der Waals surface area (Å²) in [4.78, 5) is 12.8. The minimum absolute atomic E-state index is 0.0349. The normalized spacial score (nSPS) is 15.1. The second-order valence-corrected chi connectivity index (χ2v) is 8.34. The number of carbonyl (C=O) groups excluding carboxylic acids is 1. The summed E-state index contributed by atoms with van der Waals surface area (Å²) in [6.45, 7) is 7.75. The van der Waals surface area contributed by atoms with Crippen LogP contribution in [0.15, 0.2) is 41.5 Å². The number of allylic oxidation sites excluding steroid dienone is 4. The average molecular weight is 424 g/mol. The van der Waals surface area contributed by atoms with Gasteiger partial charge in [-0.25, -0.2) is 0 Å². The largest absolute Gasteiger partial charge is 0.508 e. The van der Waals surface area contributed by atoms with Crippen LogP contribution >= 0.6 is 0 Å². The first-order valence-corrected chi connectivity index (χ1v) is 10.2. The Hall–Kier alpha value is -3.41. The number of hydrogen-bond donors (Lipinski definition) is 4. The maximum atomic E-state index is 12.8. The molecule has 0 amide bonds. The molecule has 31 heavy (non-hydrogen) atoms. The zero-order valence-corrected chi connectivity index (χ0v) is 18.2. The Kier molecular flexibility index (Phi) is 6.29. The highest BCUT2D eigenvalue weighted by Gasteiger charge is 2.33. The molecular weight excluding hydrogens is 396 g/mol. The van der Waals surface area contributed by atoms with Crippen molar-refractivity contribution in [1.82, 2.24) is 0 Å². The van der Waals surface area contributed by atoms with E-state index in [2.05, 4.69) is 0 Å². The van der Waals surface area contributed by atoms with Crippen molar-refractivity contribution in [2.45, 2.75) is 53.1 Å². The van der Waals surface area contributed by atoms with Gasteiger partial charge in [-0.1, -0.05) is 23.3 Å². The summed E-state index contributed by atoms with van der Waals surface area (Å²) in [6.07, 6.45) is 3.84. The van der Waals surface area contributed by atoms with Gasteiger partial charge in [0, 0.05) is 28.8 Å². The van der Waals surface area contributed by atoms with Gasteiger partial charge in [-0.15, -0.1) is 0 Å². The monoisotopic (exact) mass is 424 g/mol. The van der Waals surface area contributed by atoms with Crippen LogP contribution < -0.4 is 4.74 Å². The van der Waals surface area contributed by atoms with Crippen LogP contribution in [0.2, 0.25) is 0 Å². The highest BCUT2D eigenvalue weighted by atomic mass is 16.5. The first kappa shape index (κ1) is 22.3. The van der Waals surface area contributed by atoms with Gasteiger partial charge in [-0.3, -0.25) is 4.79 Å². The molecule has 0 saturated heterocycles. The number of Topliss-reactive ketones (excluding diaryl/α,β-unsaturated/α-hetero) is 1. The first-order chi connectivity index (χ1) is 14.6. The van der Waals surface area contributed by atoms with Gasteiger partial charge in [-0.2, -0.15) is 0 Å². The fourth-order valence-electron chi connectivity index (χ4n) is 3.65. The average Bonchev–Trinajstić information content (AvgIpc) is 2.66. The van der Waals surface area contributed by atoms with Crippen LogP contribution in [0.4, 0.5) is 0 Å². The molecule has 2 aromatic rings. The second kappa shape index (κ2) is 8.76. The lowest BCUT2D eigenvalue weighted by molar-refractivity contribution is 0.0843. The van der Waals surface area contributed by atoms with Gasteiger partial charge in [-0.05, 0) is 46.6 Å². The fourth-order valence-corrected chi connectivity index (χ4v) is 3.65. The van der Waals surface area contributed by atoms with Crippen molar-refractivity contribution in [2.75, 3.05) is 0 Å². The molecule has 1 aliphatic rings. The standard InChI is InChI=1S/C25H28O6/c1-13(2)5-7-15-9-18(17(8-6-14(3)4)25(30)24(15)29)21-12-20(28)23-19(27)10-16(26)11-22(23)31-21/h5-6,9-11,21,26-27,29-30H,7-8,12H2,1-4H3/t21-/m0/s1. The third kappa shape index (κ3) is 4.68. The summed E-state index contributed by atoms with van der Waals surface area (Å²) in [5.41, 5.74) is 3.73. The number of ether oxygens (including phenoxy) is 1. The molecule has 4 N–H and O–H groups in total. The molecule has 0 aromatic heterocycles. The quantitative estimate of drug-likeness (QED) is 0.387. The molecule has 164 valence electrons. The molecule has 6 nitrogen and oxygen atoms in total. The van der Waals surface area contributed by atoms with Crippen LogP contribution in [0, 0.1) is 0 Å². The van der Waals surface area contributed by atoms with Crippen LogP contribution in [0.1, 0.15) is 67.3 Å². The lowest BCUT2D eigenvalue weighted by Gasteiger charge is -2.28. The predicted octanol–water partition coefficient (Wildman–Crippen LogP) is 5.23. The number of phenols is 4. The molecule has 0 bridgehead atoms. The summed E-state index contributed by atoms with van der Waals surface area (Å²) in [7, 11) is 0. The van der Waals surface area contributed by atoms with E-state index in [1.165, 1.54) is 6.07 Å². The number of benzene rings is 2. The molecule has 0 aliphatic carbocycles. The third-order valence-electron chi connectivity index (χ3n) is 5.27. The van der Waals surface area contributed by atoms with Crippen LogP contribution in [0.5, 0.6) is 28.7 Å². The maximum Gasteiger partial charge on any atom is 0.174 e. The number of fused-ring (bicyclic) bond motifs is 1. The highest BCUT2D eigenvalue weighted by Crippen LogP contribution is 2.45. The van der Waals surface area contributed by atoms with Crippen LogP contribution in [0.3, 0.4) is 0 Å². The molecule has 2 aromatic carbocycles. The Morgan fingerprint density at radius 2 is 1.61 bits per heavy atom. The number of hydrogen-bond acceptors (Lipinski definition) is 6. The maximum absolute atomic E-state index is 12.8. The van der Waals surface area contributed by atoms with E-state index in [1.54, 1.807) is 6.07 Å². The summed E-state index contributed by atoms with van der Waals surface area (Å²) in [5, 5.41) is 41.3. The lowest BCUT2D eigenvalue weighted by atomic mass is 9.89. The van der Waals surface area contributed by atoms with Crippen LogP contribution in [-0.4, -0.2) is 26.2 Å². The van der Waals surface area contributed by atoms with Crippen molar-refractivity contribution >= 4 is 5.78 Å². The van der Waals surface area contributed by atoms with Gasteiger partial charge in [0.2, 0.25) is 0 Å². The summed E-state index contributed by atoms with van der Waals surface area (Å²) >= 11 is 0. The number of ketones is 1. The van der Waals surface area contributed by atoms with Crippen LogP contribution in [0.25, 0.3) is 0 Å². The third-order valence-corrected chi connectivity index (χ3v) is 5.27. The molecule has 0 radical (unpaired) electrons. The summed E-state index contributed by atoms with van der Waals surface area (Å²) in [6, 6.07) is 4.15. The molecule has 0 spiro atoms. The van der Waals surface area contributed by atoms with E-state index in [4.69, 9.17) is 4.74 Å². The van der Waals surface area contributed by atoms with E-state index in [-0.39, 0.29) is 46.5 Å². The van der Waals surface area contributed by atoms with Crippen LogP contribution in [-0.2, 0) is 12.8 Å². The zero-order chi connectivity index (χ0) is 22.9. The molecule has 1 aliphatic heterocycles. The van der Waals surface area contributed by atoms with Crippen molar-refractivity contribution in [2.24, 2.45) is 0 Å². The molecule has 0 unspecified atom stereocenters. The molecular formula is C25H28O6. The van der Waals surface area contributed by atoms with E-state index >= 15 is 0 Å². The van der Waals surface area contributed by atoms with Crippen molar-refractivity contribution in [1.29, 1.82) is 0 Å². The Bertz CT molecular complexity index is 1090. The fraction of sp³-hybridized carbons (Fsp3) is 0.320. The topological polar surface area (TPSA) is 107 Å². The van der Waals surface area contributed by atoms with Gasteiger partial charge in [0.1, 0.15) is 28.9 Å². The Morgan fingerprint density at radius 3 is 2.26 bits per heavy atom. The molecule has 3 rings (SSSR count). The molecule has 0 fully saturated rings. The lowest BCUT2D eigenvalue weighted by Crippen LogP contribution is -2.22. The smallest absolute Gasteiger partial charge is 0.174 e. The van der Waals surface area contributed by atoms with Crippen molar-refractivity contribution < 1.29 is 30.0 Å². The van der Waals surface area contributed by atoms with Gasteiger partial charge < -0.3 is 25.2 Å². The van der Waals surface area contributed by atoms with Crippen molar-refractivity contribution in [3.05, 3.63) is 63.8 Å². The molecule has 6 heteroatoms. The Labute approximate surface area is 181 Å². The second-order valence-electron chi connectivity index (χ2n) is 8.34. The summed E-state index contributed by atoms with van der Waals surface area (Å²) < 4.78 is 6.00. The van der Waals surface area contributed by atoms with Gasteiger partial charge in [0.05, 0.1) is 6.42 Å². The number of rotatable bonds is 5. The van der Waals surface area contributed by atoms with Crippen molar-refractivity contribution in [3.63, 3.8) is 0 Å². The SMILES string of the molecule is CC(C)=CCc1cc([C@@H]2CC(=O)c3c(O)cc(O)cc3O2)c(CC=C(C)C)c(O)c1O. The zero-order valence-electron chi connectivity index (χ0n) is 18.2. The highest BCUT2D eigenvalue weighted by molar-refractivity contribution is 6.02. The van der Waals surface area contributed by atoms with Gasteiger partial charge in [0.15, 0.2) is 17.3 Å². The van der Waals surface area contributed by atoms with E-state index in [1.807, 2.05) is 39.8 Å².